The van der Waals surface area contributed by atoms with Crippen molar-refractivity contribution in [3.05, 3.63) is 65.2 Å². The molecule has 2 rings (SSSR count). The summed E-state index contributed by atoms with van der Waals surface area (Å²) in [6.07, 6.45) is 0. The summed E-state index contributed by atoms with van der Waals surface area (Å²) < 4.78 is 38.2. The third kappa shape index (κ3) is 5.12. The molecule has 0 atom stereocenters. The minimum atomic E-state index is -4.98. The van der Waals surface area contributed by atoms with Crippen LogP contribution in [0.15, 0.2) is 48.5 Å². The van der Waals surface area contributed by atoms with Crippen LogP contribution in [0.4, 0.5) is 12.9 Å². The SMILES string of the molecule is Cc1cc(C#Cc2ccccc2)cc([B-](F)(F)F)c1.[K+]. The Morgan fingerprint density at radius 2 is 1.45 bits per heavy atom. The minimum absolute atomic E-state index is 0. The Bertz CT molecular complexity index is 640. The van der Waals surface area contributed by atoms with E-state index in [1.54, 1.807) is 13.0 Å². The zero-order valence-corrected chi connectivity index (χ0v) is 14.5. The first-order valence-corrected chi connectivity index (χ1v) is 5.84. The number of halogens is 3. The Kier molecular flexibility index (Phi) is 6.57. The number of hydrogen-bond donors (Lipinski definition) is 0. The zero-order valence-electron chi connectivity index (χ0n) is 11.3. The zero-order chi connectivity index (χ0) is 13.9. The Balaban J connectivity index is 0.00000200. The molecule has 0 aliphatic rings. The molecule has 20 heavy (non-hydrogen) atoms. The van der Waals surface area contributed by atoms with Gasteiger partial charge in [-0.1, -0.05) is 47.7 Å². The molecule has 2 aromatic carbocycles. The van der Waals surface area contributed by atoms with Crippen LogP contribution in [0.2, 0.25) is 0 Å². The molecule has 0 nitrogen and oxygen atoms in total. The smallest absolute Gasteiger partial charge is 0.445 e. The molecule has 0 saturated carbocycles. The number of aryl methyl sites for hydroxylation is 1. The fourth-order valence-electron chi connectivity index (χ4n) is 1.74. The Morgan fingerprint density at radius 1 is 0.850 bits per heavy atom. The normalized spacial score (nSPS) is 10.2. The van der Waals surface area contributed by atoms with E-state index in [0.717, 1.165) is 17.7 Å². The third-order valence-electron chi connectivity index (χ3n) is 2.60. The van der Waals surface area contributed by atoms with Crippen LogP contribution in [-0.4, -0.2) is 6.98 Å². The maximum absolute atomic E-state index is 12.7. The largest absolute Gasteiger partial charge is 1.00 e. The number of benzene rings is 2. The summed E-state index contributed by atoms with van der Waals surface area (Å²) >= 11 is 0. The molecule has 0 aromatic heterocycles. The van der Waals surface area contributed by atoms with E-state index in [2.05, 4.69) is 11.8 Å². The van der Waals surface area contributed by atoms with Gasteiger partial charge in [0.25, 0.3) is 0 Å². The van der Waals surface area contributed by atoms with Crippen LogP contribution in [0.25, 0.3) is 0 Å². The summed E-state index contributed by atoms with van der Waals surface area (Å²) in [7, 11) is 0. The van der Waals surface area contributed by atoms with Crippen molar-refractivity contribution in [2.45, 2.75) is 6.92 Å². The van der Waals surface area contributed by atoms with E-state index in [1.807, 2.05) is 30.3 Å². The van der Waals surface area contributed by atoms with Gasteiger partial charge >= 0.3 is 58.4 Å². The van der Waals surface area contributed by atoms with Crippen LogP contribution in [0.1, 0.15) is 16.7 Å². The van der Waals surface area contributed by atoms with E-state index >= 15 is 0 Å². The van der Waals surface area contributed by atoms with E-state index in [1.165, 1.54) is 0 Å². The molecule has 0 N–H and O–H groups in total. The summed E-state index contributed by atoms with van der Waals surface area (Å²) in [6.45, 7) is -3.35. The van der Waals surface area contributed by atoms with Gasteiger partial charge in [0.1, 0.15) is 0 Å². The second-order valence-corrected chi connectivity index (χ2v) is 4.32. The van der Waals surface area contributed by atoms with Crippen LogP contribution in [0, 0.1) is 18.8 Å². The van der Waals surface area contributed by atoms with Crippen molar-refractivity contribution in [1.82, 2.24) is 0 Å². The van der Waals surface area contributed by atoms with Crippen LogP contribution in [0.5, 0.6) is 0 Å². The third-order valence-corrected chi connectivity index (χ3v) is 2.60. The van der Waals surface area contributed by atoms with Gasteiger partial charge in [-0.25, -0.2) is 0 Å². The second kappa shape index (κ2) is 7.49. The van der Waals surface area contributed by atoms with Gasteiger partial charge in [-0.2, -0.15) is 0 Å². The Morgan fingerprint density at radius 3 is 2.05 bits per heavy atom. The molecule has 0 heterocycles. The molecule has 0 amide bonds. The second-order valence-electron chi connectivity index (χ2n) is 4.32. The van der Waals surface area contributed by atoms with Gasteiger partial charge in [0.15, 0.2) is 0 Å². The van der Waals surface area contributed by atoms with E-state index in [9.17, 15) is 12.9 Å². The van der Waals surface area contributed by atoms with Crippen LogP contribution >= 0.6 is 0 Å². The van der Waals surface area contributed by atoms with Crippen molar-refractivity contribution in [1.29, 1.82) is 0 Å². The molecule has 0 aliphatic carbocycles. The standard InChI is InChI=1S/C15H11BF3.K/c1-12-9-14(11-15(10-12)16(17,18)19)8-7-13-5-3-2-4-6-13;/h2-6,9-11H,1H3;/q-1;+1. The molecule has 0 fully saturated rings. The molecule has 2 aromatic rings. The first-order valence-electron chi connectivity index (χ1n) is 5.84. The summed E-state index contributed by atoms with van der Waals surface area (Å²) in [5.74, 6) is 5.63. The summed E-state index contributed by atoms with van der Waals surface area (Å²) in [5.41, 5.74) is 1.13. The first-order chi connectivity index (χ1) is 8.95. The van der Waals surface area contributed by atoms with Crippen molar-refractivity contribution in [2.24, 2.45) is 0 Å². The van der Waals surface area contributed by atoms with Gasteiger partial charge in [0.2, 0.25) is 0 Å². The molecular weight excluding hydrogens is 287 g/mol. The fourth-order valence-corrected chi connectivity index (χ4v) is 1.74. The average Bonchev–Trinajstić information content (AvgIpc) is 2.36. The molecule has 0 saturated heterocycles. The topological polar surface area (TPSA) is 0 Å². The van der Waals surface area contributed by atoms with Gasteiger partial charge in [-0.15, -0.1) is 5.46 Å². The molecule has 0 spiro atoms. The Hall–Kier alpha value is -0.509. The van der Waals surface area contributed by atoms with E-state index in [4.69, 9.17) is 0 Å². The molecule has 0 unspecified atom stereocenters. The van der Waals surface area contributed by atoms with E-state index < -0.39 is 12.4 Å². The molecule has 0 radical (unpaired) electrons. The molecular formula is C15H11BF3K. The average molecular weight is 298 g/mol. The molecule has 0 aliphatic heterocycles. The summed E-state index contributed by atoms with van der Waals surface area (Å²) in [6, 6.07) is 13.1. The van der Waals surface area contributed by atoms with E-state index in [-0.39, 0.29) is 51.4 Å². The predicted octanol–water partition coefficient (Wildman–Crippen LogP) is 0.453. The minimum Gasteiger partial charge on any atom is -0.445 e. The van der Waals surface area contributed by atoms with Crippen LogP contribution < -0.4 is 56.8 Å². The van der Waals surface area contributed by atoms with Crippen molar-refractivity contribution < 1.29 is 64.3 Å². The molecule has 0 bridgehead atoms. The van der Waals surface area contributed by atoms with Gasteiger partial charge < -0.3 is 12.9 Å². The molecule has 96 valence electrons. The van der Waals surface area contributed by atoms with Crippen LogP contribution in [0.3, 0.4) is 0 Å². The maximum Gasteiger partial charge on any atom is 1.00 e. The van der Waals surface area contributed by atoms with Gasteiger partial charge in [-0.05, 0) is 25.1 Å². The predicted molar refractivity (Wildman–Crippen MR) is 72.3 cm³/mol. The van der Waals surface area contributed by atoms with Crippen molar-refractivity contribution in [3.63, 3.8) is 0 Å². The number of rotatable bonds is 1. The van der Waals surface area contributed by atoms with Crippen LogP contribution in [-0.2, 0) is 0 Å². The van der Waals surface area contributed by atoms with Gasteiger partial charge in [0, 0.05) is 11.1 Å². The van der Waals surface area contributed by atoms with Crippen molar-refractivity contribution in [3.8, 4) is 11.8 Å². The van der Waals surface area contributed by atoms with Gasteiger partial charge in [0.05, 0.1) is 0 Å². The fraction of sp³-hybridized carbons (Fsp3) is 0.0667. The summed E-state index contributed by atoms with van der Waals surface area (Å²) in [4.78, 5) is 0. The quantitative estimate of drug-likeness (QED) is 0.530. The van der Waals surface area contributed by atoms with Crippen molar-refractivity contribution in [2.75, 3.05) is 0 Å². The Labute approximate surface area is 159 Å². The first kappa shape index (κ1) is 17.5. The van der Waals surface area contributed by atoms with Gasteiger partial charge in [-0.3, -0.25) is 0 Å². The van der Waals surface area contributed by atoms with Crippen molar-refractivity contribution >= 4 is 12.4 Å². The molecule has 5 heteroatoms. The summed E-state index contributed by atoms with van der Waals surface area (Å²) in [5, 5.41) is 0. The van der Waals surface area contributed by atoms with E-state index in [0.29, 0.717) is 11.1 Å². The number of hydrogen-bond acceptors (Lipinski definition) is 0. The maximum atomic E-state index is 12.7. The monoisotopic (exact) mass is 298 g/mol.